The van der Waals surface area contributed by atoms with E-state index in [1.807, 2.05) is 0 Å². The first-order valence-corrected chi connectivity index (χ1v) is 6.05. The highest BCUT2D eigenvalue weighted by Gasteiger charge is 2.20. The van der Waals surface area contributed by atoms with Crippen LogP contribution in [-0.2, 0) is 10.2 Å². The Kier molecular flexibility index (Phi) is 3.55. The molecule has 0 bridgehead atoms. The Balaban J connectivity index is 3.01. The fourth-order valence-electron chi connectivity index (χ4n) is 1.53. The van der Waals surface area contributed by atoms with Crippen molar-refractivity contribution < 1.29 is 0 Å². The van der Waals surface area contributed by atoms with Gasteiger partial charge in [-0.15, -0.1) is 0 Å². The molecule has 0 spiro atoms. The van der Waals surface area contributed by atoms with Crippen molar-refractivity contribution in [1.29, 1.82) is 0 Å². The third kappa shape index (κ3) is 3.01. The molecule has 0 fully saturated rings. The minimum atomic E-state index is -0.00356. The molecular formula is C14H22S. The zero-order valence-corrected chi connectivity index (χ0v) is 11.4. The molecule has 0 N–H and O–H groups in total. The minimum absolute atomic E-state index is 0.00356. The zero-order chi connectivity index (χ0) is 11.7. The lowest BCUT2D eigenvalue weighted by molar-refractivity contribution is 0.588. The Hall–Kier alpha value is -0.430. The second kappa shape index (κ2) is 4.21. The van der Waals surface area contributed by atoms with Crippen LogP contribution in [0.2, 0.25) is 0 Å². The quantitative estimate of drug-likeness (QED) is 0.698. The smallest absolute Gasteiger partial charge is 0.0347 e. The van der Waals surface area contributed by atoms with E-state index in [2.05, 4.69) is 71.5 Å². The summed E-state index contributed by atoms with van der Waals surface area (Å²) in [5.74, 6) is 0. The Labute approximate surface area is 99.5 Å². The van der Waals surface area contributed by atoms with Gasteiger partial charge in [-0.25, -0.2) is 0 Å². The van der Waals surface area contributed by atoms with Crippen LogP contribution in [0, 0.1) is 0 Å². The number of hydrogen-bond donors (Lipinski definition) is 1. The molecule has 1 rings (SSSR count). The summed E-state index contributed by atoms with van der Waals surface area (Å²) in [4.78, 5) is 0. The number of rotatable bonds is 2. The Morgan fingerprint density at radius 2 is 1.33 bits per heavy atom. The van der Waals surface area contributed by atoms with Crippen molar-refractivity contribution >= 4 is 12.6 Å². The molecule has 0 nitrogen and oxygen atoms in total. The molecule has 0 aromatic heterocycles. The third-order valence-electron chi connectivity index (χ3n) is 3.06. The van der Waals surface area contributed by atoms with E-state index in [4.69, 9.17) is 0 Å². The molecule has 0 aliphatic rings. The molecule has 0 amide bonds. The van der Waals surface area contributed by atoms with Crippen LogP contribution in [0.3, 0.4) is 0 Å². The van der Waals surface area contributed by atoms with Crippen LogP contribution in [0.1, 0.15) is 52.2 Å². The summed E-state index contributed by atoms with van der Waals surface area (Å²) in [5.41, 5.74) is 2.92. The van der Waals surface area contributed by atoms with E-state index in [1.165, 1.54) is 11.1 Å². The average Bonchev–Trinajstić information content (AvgIpc) is 2.17. The van der Waals surface area contributed by atoms with Crippen LogP contribution in [0.15, 0.2) is 24.3 Å². The van der Waals surface area contributed by atoms with Crippen LogP contribution >= 0.6 is 12.6 Å². The normalized spacial score (nSPS) is 16.1. The van der Waals surface area contributed by atoms with Crippen LogP contribution in [-0.4, -0.2) is 0 Å². The first-order valence-electron chi connectivity index (χ1n) is 5.61. The Morgan fingerprint density at radius 3 is 1.67 bits per heavy atom. The highest BCUT2D eigenvalue weighted by atomic mass is 32.1. The van der Waals surface area contributed by atoms with Crippen LogP contribution in [0.5, 0.6) is 0 Å². The first kappa shape index (κ1) is 12.6. The van der Waals surface area contributed by atoms with E-state index in [9.17, 15) is 0 Å². The van der Waals surface area contributed by atoms with E-state index in [0.717, 1.165) is 6.42 Å². The van der Waals surface area contributed by atoms with Gasteiger partial charge in [-0.2, -0.15) is 12.6 Å². The van der Waals surface area contributed by atoms with Crippen molar-refractivity contribution in [1.82, 2.24) is 0 Å². The molecule has 1 heteroatoms. The molecular weight excluding hydrogens is 200 g/mol. The van der Waals surface area contributed by atoms with Crippen molar-refractivity contribution in [3.8, 4) is 0 Å². The van der Waals surface area contributed by atoms with E-state index < -0.39 is 0 Å². The molecule has 0 radical (unpaired) electrons. The lowest BCUT2D eigenvalue weighted by Crippen LogP contribution is -2.14. The highest BCUT2D eigenvalue weighted by molar-refractivity contribution is 7.81. The van der Waals surface area contributed by atoms with Gasteiger partial charge in [-0.3, -0.25) is 0 Å². The van der Waals surface area contributed by atoms with E-state index >= 15 is 0 Å². The molecule has 1 aromatic carbocycles. The molecule has 15 heavy (non-hydrogen) atoms. The van der Waals surface area contributed by atoms with Gasteiger partial charge in [0.25, 0.3) is 0 Å². The molecule has 0 heterocycles. The fraction of sp³-hybridized carbons (Fsp3) is 0.571. The van der Waals surface area contributed by atoms with Crippen molar-refractivity contribution in [2.75, 3.05) is 0 Å². The van der Waals surface area contributed by atoms with Gasteiger partial charge in [0.15, 0.2) is 0 Å². The standard InChI is InChI=1S/C14H22S/c1-6-14(5,15)12-9-7-11(8-10-12)13(2,3)4/h7-10,15H,6H2,1-5H3/t14-/m0/s1. The predicted molar refractivity (Wildman–Crippen MR) is 71.8 cm³/mol. The largest absolute Gasteiger partial charge is 0.168 e. The molecule has 0 saturated heterocycles. The van der Waals surface area contributed by atoms with E-state index in [-0.39, 0.29) is 10.2 Å². The maximum atomic E-state index is 4.68. The first-order chi connectivity index (χ1) is 6.77. The van der Waals surface area contributed by atoms with Gasteiger partial charge in [-0.05, 0) is 29.9 Å². The monoisotopic (exact) mass is 222 g/mol. The summed E-state index contributed by atoms with van der Waals surface area (Å²) in [7, 11) is 0. The van der Waals surface area contributed by atoms with Crippen molar-refractivity contribution in [3.63, 3.8) is 0 Å². The molecule has 0 saturated carbocycles. The van der Waals surface area contributed by atoms with E-state index in [1.54, 1.807) is 0 Å². The highest BCUT2D eigenvalue weighted by Crippen LogP contribution is 2.32. The van der Waals surface area contributed by atoms with Gasteiger partial charge in [0.1, 0.15) is 0 Å². The number of benzene rings is 1. The minimum Gasteiger partial charge on any atom is -0.168 e. The maximum absolute atomic E-state index is 4.68. The molecule has 84 valence electrons. The molecule has 1 atom stereocenters. The number of hydrogen-bond acceptors (Lipinski definition) is 1. The number of thiol groups is 1. The van der Waals surface area contributed by atoms with Crippen molar-refractivity contribution in [2.24, 2.45) is 0 Å². The maximum Gasteiger partial charge on any atom is 0.0347 e. The summed E-state index contributed by atoms with van der Waals surface area (Å²) in [5, 5.41) is 0. The van der Waals surface area contributed by atoms with Crippen LogP contribution in [0.4, 0.5) is 0 Å². The lowest BCUT2D eigenvalue weighted by Gasteiger charge is -2.24. The lowest BCUT2D eigenvalue weighted by atomic mass is 9.85. The predicted octanol–water partition coefficient (Wildman–Crippen LogP) is 4.54. The molecule has 0 unspecified atom stereocenters. The van der Waals surface area contributed by atoms with Gasteiger partial charge < -0.3 is 0 Å². The summed E-state index contributed by atoms with van der Waals surface area (Å²) in [6.45, 7) is 11.1. The summed E-state index contributed by atoms with van der Waals surface area (Å²) < 4.78 is -0.00356. The summed E-state index contributed by atoms with van der Waals surface area (Å²) in [6, 6.07) is 8.85. The van der Waals surface area contributed by atoms with Gasteiger partial charge in [0.2, 0.25) is 0 Å². The van der Waals surface area contributed by atoms with Gasteiger partial charge in [0, 0.05) is 4.75 Å². The SMILES string of the molecule is CC[C@](C)(S)c1ccc(C(C)(C)C)cc1. The molecule has 1 aromatic rings. The second-order valence-electron chi connectivity index (χ2n) is 5.45. The van der Waals surface area contributed by atoms with Crippen molar-refractivity contribution in [2.45, 2.75) is 51.2 Å². The second-order valence-corrected chi connectivity index (χ2v) is 6.44. The van der Waals surface area contributed by atoms with Crippen LogP contribution in [0.25, 0.3) is 0 Å². The zero-order valence-electron chi connectivity index (χ0n) is 10.5. The van der Waals surface area contributed by atoms with E-state index in [0.29, 0.717) is 0 Å². The molecule has 0 aliphatic carbocycles. The average molecular weight is 222 g/mol. The van der Waals surface area contributed by atoms with Gasteiger partial charge in [0.05, 0.1) is 0 Å². The molecule has 0 aliphatic heterocycles. The van der Waals surface area contributed by atoms with Gasteiger partial charge >= 0.3 is 0 Å². The van der Waals surface area contributed by atoms with Crippen LogP contribution < -0.4 is 0 Å². The van der Waals surface area contributed by atoms with Gasteiger partial charge in [-0.1, -0.05) is 52.0 Å². The fourth-order valence-corrected chi connectivity index (χ4v) is 1.68. The Bertz CT molecular complexity index is 314. The topological polar surface area (TPSA) is 0 Å². The summed E-state index contributed by atoms with van der Waals surface area (Å²) >= 11 is 4.68. The third-order valence-corrected chi connectivity index (χ3v) is 3.64. The van der Waals surface area contributed by atoms with Crippen molar-refractivity contribution in [3.05, 3.63) is 35.4 Å². The summed E-state index contributed by atoms with van der Waals surface area (Å²) in [6.07, 6.45) is 1.05. The Morgan fingerprint density at radius 1 is 0.933 bits per heavy atom.